The molecule has 1 amide bonds. The molecule has 8 nitrogen and oxygen atoms in total. The van der Waals surface area contributed by atoms with Gasteiger partial charge in [0.15, 0.2) is 5.78 Å². The van der Waals surface area contributed by atoms with Crippen molar-refractivity contribution in [3.63, 3.8) is 0 Å². The third-order valence-electron chi connectivity index (χ3n) is 7.79. The van der Waals surface area contributed by atoms with Gasteiger partial charge in [0, 0.05) is 64.9 Å². The molecule has 0 saturated carbocycles. The lowest BCUT2D eigenvalue weighted by Gasteiger charge is -2.36. The van der Waals surface area contributed by atoms with Gasteiger partial charge in [0.2, 0.25) is 5.91 Å². The van der Waals surface area contributed by atoms with Gasteiger partial charge in [-0.25, -0.2) is 0 Å². The Hall–Kier alpha value is -3.56. The minimum atomic E-state index is -1.18. The molecular weight excluding hydrogens is 476 g/mol. The Morgan fingerprint density at radius 2 is 2.00 bits per heavy atom. The van der Waals surface area contributed by atoms with Crippen molar-refractivity contribution in [1.82, 2.24) is 9.88 Å². The van der Waals surface area contributed by atoms with Gasteiger partial charge in [-0.1, -0.05) is 29.8 Å². The van der Waals surface area contributed by atoms with Crippen LogP contribution in [0.15, 0.2) is 60.9 Å². The molecule has 3 aromatic rings. The van der Waals surface area contributed by atoms with Crippen molar-refractivity contribution >= 4 is 34.8 Å². The quantitative estimate of drug-likeness (QED) is 0.321. The number of rotatable bonds is 4. The number of carbonyl (C=O) groups excluding carboxylic acids is 2. The van der Waals surface area contributed by atoms with Crippen molar-refractivity contribution in [2.24, 2.45) is 5.92 Å². The molecule has 0 bridgehead atoms. The SMILES string of the molecule is Cc1cc(C)c2c(c1)[C@]1(C(=O)N2)[C@H](C(=O)c2cccnc2)[C@@H](c2ccc([N+](=O)[O-])cc2)[C@H]2CSCN21. The number of hydrogen-bond acceptors (Lipinski definition) is 7. The summed E-state index contributed by atoms with van der Waals surface area (Å²) < 4.78 is 0. The normalized spacial score (nSPS) is 26.6. The summed E-state index contributed by atoms with van der Waals surface area (Å²) in [6.07, 6.45) is 3.17. The first-order chi connectivity index (χ1) is 17.3. The summed E-state index contributed by atoms with van der Waals surface area (Å²) in [6.45, 7) is 3.97. The van der Waals surface area contributed by atoms with Crippen molar-refractivity contribution in [3.8, 4) is 0 Å². The standard InChI is InChI=1S/C27H24N4O4S/c1-15-10-16(2)24-20(11-15)27(26(33)29-24)23(25(32)18-4-3-9-28-12-18)22(21-13-36-14-30(21)27)17-5-7-19(8-6-17)31(34)35/h3-12,21-23H,13-14H2,1-2H3,(H,29,33)/t21-,22+,23+,27-/m1/s1. The van der Waals surface area contributed by atoms with E-state index in [2.05, 4.69) is 15.2 Å². The van der Waals surface area contributed by atoms with Gasteiger partial charge in [-0.3, -0.25) is 29.6 Å². The van der Waals surface area contributed by atoms with Crippen LogP contribution in [0.1, 0.15) is 38.5 Å². The molecule has 0 radical (unpaired) electrons. The van der Waals surface area contributed by atoms with E-state index in [0.29, 0.717) is 11.4 Å². The highest BCUT2D eigenvalue weighted by atomic mass is 32.2. The number of nitrogens with zero attached hydrogens (tertiary/aromatic N) is 3. The lowest BCUT2D eigenvalue weighted by molar-refractivity contribution is -0.384. The third kappa shape index (κ3) is 3.09. The summed E-state index contributed by atoms with van der Waals surface area (Å²) in [5.41, 5.74) is 3.69. The van der Waals surface area contributed by atoms with Crippen LogP contribution in [-0.2, 0) is 10.3 Å². The van der Waals surface area contributed by atoms with Gasteiger partial charge < -0.3 is 5.32 Å². The smallest absolute Gasteiger partial charge is 0.269 e. The molecule has 36 heavy (non-hydrogen) atoms. The van der Waals surface area contributed by atoms with Crippen LogP contribution in [0.3, 0.4) is 0 Å². The number of amides is 1. The average molecular weight is 501 g/mol. The van der Waals surface area contributed by atoms with Crippen LogP contribution < -0.4 is 5.32 Å². The highest BCUT2D eigenvalue weighted by Gasteiger charge is 2.69. The van der Waals surface area contributed by atoms with Gasteiger partial charge in [-0.15, -0.1) is 11.8 Å². The van der Waals surface area contributed by atoms with E-state index in [9.17, 15) is 19.7 Å². The monoisotopic (exact) mass is 500 g/mol. The number of nitro groups is 1. The molecule has 1 spiro atoms. The predicted octanol–water partition coefficient (Wildman–Crippen LogP) is 4.43. The average Bonchev–Trinajstić information content (AvgIpc) is 3.53. The van der Waals surface area contributed by atoms with Crippen LogP contribution in [0.5, 0.6) is 0 Å². The van der Waals surface area contributed by atoms with Gasteiger partial charge in [-0.05, 0) is 37.1 Å². The second kappa shape index (κ2) is 8.25. The molecule has 0 unspecified atom stereocenters. The van der Waals surface area contributed by atoms with Gasteiger partial charge in [0.05, 0.1) is 10.8 Å². The molecule has 2 saturated heterocycles. The minimum Gasteiger partial charge on any atom is -0.324 e. The summed E-state index contributed by atoms with van der Waals surface area (Å²) in [7, 11) is 0. The van der Waals surface area contributed by atoms with E-state index in [1.807, 2.05) is 26.0 Å². The number of hydrogen-bond donors (Lipinski definition) is 1. The summed E-state index contributed by atoms with van der Waals surface area (Å²) in [4.78, 5) is 45.7. The van der Waals surface area contributed by atoms with Crippen LogP contribution >= 0.6 is 11.8 Å². The number of nitro benzene ring substituents is 1. The first kappa shape index (κ1) is 22.9. The zero-order chi connectivity index (χ0) is 25.2. The second-order valence-electron chi connectivity index (χ2n) is 9.72. The maximum absolute atomic E-state index is 14.4. The number of anilines is 1. The molecule has 6 rings (SSSR count). The van der Waals surface area contributed by atoms with Crippen molar-refractivity contribution in [1.29, 1.82) is 0 Å². The van der Waals surface area contributed by atoms with E-state index in [1.165, 1.54) is 12.1 Å². The molecule has 1 N–H and O–H groups in total. The Balaban J connectivity index is 1.62. The van der Waals surface area contributed by atoms with Gasteiger partial charge in [-0.2, -0.15) is 0 Å². The fourth-order valence-corrected chi connectivity index (χ4v) is 7.74. The number of aryl methyl sites for hydroxylation is 2. The van der Waals surface area contributed by atoms with E-state index in [0.717, 1.165) is 33.7 Å². The number of thioether (sulfide) groups is 1. The lowest BCUT2D eigenvalue weighted by atomic mass is 9.69. The lowest BCUT2D eigenvalue weighted by Crippen LogP contribution is -2.52. The molecular formula is C27H24N4O4S. The summed E-state index contributed by atoms with van der Waals surface area (Å²) in [5.74, 6) is -0.0146. The number of Topliss-reactive ketones (excluding diaryl/α,β-unsaturated/α-hetero) is 1. The highest BCUT2D eigenvalue weighted by Crippen LogP contribution is 2.61. The van der Waals surface area contributed by atoms with E-state index in [-0.39, 0.29) is 29.3 Å². The maximum atomic E-state index is 14.4. The van der Waals surface area contributed by atoms with Gasteiger partial charge in [0.1, 0.15) is 5.54 Å². The summed E-state index contributed by atoms with van der Waals surface area (Å²) >= 11 is 1.74. The molecule has 182 valence electrons. The number of ketones is 1. The van der Waals surface area contributed by atoms with Crippen molar-refractivity contribution < 1.29 is 14.5 Å². The zero-order valence-electron chi connectivity index (χ0n) is 19.8. The van der Waals surface area contributed by atoms with E-state index in [4.69, 9.17) is 0 Å². The third-order valence-corrected chi connectivity index (χ3v) is 8.83. The maximum Gasteiger partial charge on any atom is 0.269 e. The zero-order valence-corrected chi connectivity index (χ0v) is 20.6. The number of fused-ring (bicyclic) bond motifs is 4. The molecule has 2 aromatic carbocycles. The fraction of sp³-hybridized carbons (Fsp3) is 0.296. The molecule has 1 aromatic heterocycles. The van der Waals surface area contributed by atoms with Crippen molar-refractivity contribution in [2.75, 3.05) is 16.9 Å². The summed E-state index contributed by atoms with van der Waals surface area (Å²) in [6, 6.07) is 13.9. The molecule has 4 heterocycles. The van der Waals surface area contributed by atoms with Crippen LogP contribution in [-0.4, -0.2) is 44.2 Å². The number of pyridine rings is 1. The molecule has 2 fully saturated rings. The topological polar surface area (TPSA) is 105 Å². The molecule has 9 heteroatoms. The van der Waals surface area contributed by atoms with Crippen LogP contribution in [0.2, 0.25) is 0 Å². The number of nitrogens with one attached hydrogen (secondary N) is 1. The Kier molecular flexibility index (Phi) is 5.24. The van der Waals surface area contributed by atoms with E-state index in [1.54, 1.807) is 48.4 Å². The number of aromatic nitrogens is 1. The van der Waals surface area contributed by atoms with Gasteiger partial charge in [0.25, 0.3) is 5.69 Å². The number of benzene rings is 2. The van der Waals surface area contributed by atoms with Crippen molar-refractivity contribution in [2.45, 2.75) is 31.3 Å². The first-order valence-corrected chi connectivity index (χ1v) is 13.0. The largest absolute Gasteiger partial charge is 0.324 e. The highest BCUT2D eigenvalue weighted by molar-refractivity contribution is 7.99. The predicted molar refractivity (Wildman–Crippen MR) is 137 cm³/mol. The molecule has 4 atom stereocenters. The van der Waals surface area contributed by atoms with Gasteiger partial charge >= 0.3 is 0 Å². The molecule has 3 aliphatic rings. The first-order valence-electron chi connectivity index (χ1n) is 11.8. The van der Waals surface area contributed by atoms with E-state index >= 15 is 0 Å². The molecule has 0 aliphatic carbocycles. The Bertz CT molecular complexity index is 1410. The Morgan fingerprint density at radius 1 is 1.22 bits per heavy atom. The number of carbonyl (C=O) groups is 2. The van der Waals surface area contributed by atoms with Crippen LogP contribution in [0, 0.1) is 29.9 Å². The second-order valence-corrected chi connectivity index (χ2v) is 10.7. The van der Waals surface area contributed by atoms with E-state index < -0.39 is 16.4 Å². The van der Waals surface area contributed by atoms with Crippen LogP contribution in [0.25, 0.3) is 0 Å². The fourth-order valence-electron chi connectivity index (χ4n) is 6.41. The number of non-ortho nitro benzene ring substituents is 1. The Labute approximate surface area is 212 Å². The Morgan fingerprint density at radius 3 is 2.69 bits per heavy atom. The van der Waals surface area contributed by atoms with Crippen LogP contribution in [0.4, 0.5) is 11.4 Å². The molecule has 3 aliphatic heterocycles. The minimum absolute atomic E-state index is 0.00514. The van der Waals surface area contributed by atoms with Crippen molar-refractivity contribution in [3.05, 3.63) is 98.9 Å². The summed E-state index contributed by atoms with van der Waals surface area (Å²) in [5, 5.41) is 14.4.